The number of hydrogen-bond donors (Lipinski definition) is 2. The maximum atomic E-state index is 12.3. The van der Waals surface area contributed by atoms with Crippen molar-refractivity contribution < 1.29 is 24.2 Å². The molecule has 0 aromatic heterocycles. The highest BCUT2D eigenvalue weighted by molar-refractivity contribution is 8.00. The van der Waals surface area contributed by atoms with Gasteiger partial charge in [0.15, 0.2) is 5.78 Å². The van der Waals surface area contributed by atoms with Crippen molar-refractivity contribution in [3.05, 3.63) is 54.1 Å². The molecule has 0 aliphatic rings. The van der Waals surface area contributed by atoms with E-state index in [1.807, 2.05) is 13.0 Å². The van der Waals surface area contributed by atoms with Crippen LogP contribution < -0.4 is 10.1 Å². The van der Waals surface area contributed by atoms with E-state index in [0.29, 0.717) is 17.9 Å². The Labute approximate surface area is 161 Å². The number of hydrogen-bond acceptors (Lipinski definition) is 5. The largest absolute Gasteiger partial charge is 0.494 e. The van der Waals surface area contributed by atoms with E-state index < -0.39 is 5.97 Å². The van der Waals surface area contributed by atoms with E-state index in [-0.39, 0.29) is 30.3 Å². The molecule has 27 heavy (non-hydrogen) atoms. The molecule has 2 aromatic rings. The molecule has 0 saturated carbocycles. The predicted octanol–water partition coefficient (Wildman–Crippen LogP) is 3.86. The summed E-state index contributed by atoms with van der Waals surface area (Å²) in [7, 11) is 0. The average Bonchev–Trinajstić information content (AvgIpc) is 2.65. The summed E-state index contributed by atoms with van der Waals surface area (Å²) in [6.45, 7) is 2.48. The highest BCUT2D eigenvalue weighted by Crippen LogP contribution is 2.23. The van der Waals surface area contributed by atoms with Gasteiger partial charge in [0, 0.05) is 22.6 Å². The molecule has 0 radical (unpaired) electrons. The van der Waals surface area contributed by atoms with E-state index in [1.165, 1.54) is 11.8 Å². The van der Waals surface area contributed by atoms with E-state index in [1.54, 1.807) is 42.5 Å². The minimum atomic E-state index is -1.01. The van der Waals surface area contributed by atoms with Crippen molar-refractivity contribution in [3.63, 3.8) is 0 Å². The molecule has 0 heterocycles. The van der Waals surface area contributed by atoms with Gasteiger partial charge in [-0.05, 0) is 49.4 Å². The quantitative estimate of drug-likeness (QED) is 0.475. The highest BCUT2D eigenvalue weighted by Gasteiger charge is 2.09. The molecule has 1 amide bonds. The van der Waals surface area contributed by atoms with Gasteiger partial charge in [0.1, 0.15) is 5.75 Å². The molecule has 0 unspecified atom stereocenters. The monoisotopic (exact) mass is 387 g/mol. The van der Waals surface area contributed by atoms with Gasteiger partial charge in [0.25, 0.3) is 0 Å². The summed E-state index contributed by atoms with van der Waals surface area (Å²) in [4.78, 5) is 35.4. The summed E-state index contributed by atoms with van der Waals surface area (Å²) < 4.78 is 5.36. The lowest BCUT2D eigenvalue weighted by molar-refractivity contribution is -0.138. The van der Waals surface area contributed by atoms with Gasteiger partial charge in [-0.15, -0.1) is 11.8 Å². The van der Waals surface area contributed by atoms with Crippen LogP contribution in [-0.4, -0.2) is 35.1 Å². The summed E-state index contributed by atoms with van der Waals surface area (Å²) in [6.07, 6.45) is -0.292. The maximum absolute atomic E-state index is 12.3. The van der Waals surface area contributed by atoms with E-state index in [9.17, 15) is 14.4 Å². The zero-order valence-electron chi connectivity index (χ0n) is 14.9. The number of carboxylic acid groups (broad SMARTS) is 1. The van der Waals surface area contributed by atoms with E-state index in [4.69, 9.17) is 9.84 Å². The third-order valence-corrected chi connectivity index (χ3v) is 4.53. The standard InChI is InChI=1S/C20H21NO5S/c1-2-26-16-8-6-14(7-9-16)18(22)13-27-17-5-3-4-15(12-17)21-19(23)10-11-20(24)25/h3-9,12H,2,10-11,13H2,1H3,(H,21,23)(H,24,25). The molecule has 2 aromatic carbocycles. The second kappa shape index (κ2) is 10.4. The number of thioether (sulfide) groups is 1. The Morgan fingerprint density at radius 1 is 1.07 bits per heavy atom. The van der Waals surface area contributed by atoms with Crippen molar-refractivity contribution in [1.82, 2.24) is 0 Å². The van der Waals surface area contributed by atoms with Crippen molar-refractivity contribution in [2.75, 3.05) is 17.7 Å². The summed E-state index contributed by atoms with van der Waals surface area (Å²) in [5.41, 5.74) is 1.19. The first-order chi connectivity index (χ1) is 13.0. The fraction of sp³-hybridized carbons (Fsp3) is 0.250. The lowest BCUT2D eigenvalue weighted by Gasteiger charge is -2.07. The normalized spacial score (nSPS) is 10.3. The predicted molar refractivity (Wildman–Crippen MR) is 105 cm³/mol. The van der Waals surface area contributed by atoms with Gasteiger partial charge in [0.05, 0.1) is 18.8 Å². The molecule has 0 aliphatic heterocycles. The second-order valence-corrected chi connectivity index (χ2v) is 6.69. The van der Waals surface area contributed by atoms with Crippen LogP contribution in [0, 0.1) is 0 Å². The highest BCUT2D eigenvalue weighted by atomic mass is 32.2. The van der Waals surface area contributed by atoms with Gasteiger partial charge in [-0.1, -0.05) is 6.07 Å². The molecule has 0 atom stereocenters. The van der Waals surface area contributed by atoms with Crippen molar-refractivity contribution in [3.8, 4) is 5.75 Å². The van der Waals surface area contributed by atoms with Gasteiger partial charge in [-0.25, -0.2) is 0 Å². The number of ketones is 1. The van der Waals surface area contributed by atoms with Crippen LogP contribution in [0.1, 0.15) is 30.1 Å². The minimum Gasteiger partial charge on any atom is -0.494 e. The first kappa shape index (κ1) is 20.5. The number of carbonyl (C=O) groups is 3. The van der Waals surface area contributed by atoms with Crippen LogP contribution in [-0.2, 0) is 9.59 Å². The first-order valence-corrected chi connectivity index (χ1v) is 9.47. The number of rotatable bonds is 10. The molecular formula is C20H21NO5S. The van der Waals surface area contributed by atoms with Crippen LogP contribution in [0.25, 0.3) is 0 Å². The topological polar surface area (TPSA) is 92.7 Å². The van der Waals surface area contributed by atoms with Crippen molar-refractivity contribution in [2.45, 2.75) is 24.7 Å². The Hall–Kier alpha value is -2.80. The van der Waals surface area contributed by atoms with Crippen LogP contribution in [0.15, 0.2) is 53.4 Å². The van der Waals surface area contributed by atoms with E-state index >= 15 is 0 Å². The van der Waals surface area contributed by atoms with Gasteiger partial charge in [0.2, 0.25) is 5.91 Å². The maximum Gasteiger partial charge on any atom is 0.303 e. The average molecular weight is 387 g/mol. The van der Waals surface area contributed by atoms with Gasteiger partial charge < -0.3 is 15.2 Å². The number of anilines is 1. The Bertz CT molecular complexity index is 804. The van der Waals surface area contributed by atoms with Crippen LogP contribution in [0.5, 0.6) is 5.75 Å². The molecule has 0 fully saturated rings. The Morgan fingerprint density at radius 3 is 2.48 bits per heavy atom. The molecule has 0 aliphatic carbocycles. The first-order valence-electron chi connectivity index (χ1n) is 8.48. The summed E-state index contributed by atoms with van der Waals surface area (Å²) >= 11 is 1.37. The number of nitrogens with one attached hydrogen (secondary N) is 1. The number of carbonyl (C=O) groups excluding carboxylic acids is 2. The molecule has 2 rings (SSSR count). The van der Waals surface area contributed by atoms with Crippen molar-refractivity contribution >= 4 is 35.1 Å². The molecule has 0 bridgehead atoms. The molecule has 2 N–H and O–H groups in total. The van der Waals surface area contributed by atoms with Gasteiger partial charge in [-0.2, -0.15) is 0 Å². The number of aliphatic carboxylic acids is 1. The molecule has 6 nitrogen and oxygen atoms in total. The molecule has 0 saturated heterocycles. The fourth-order valence-corrected chi connectivity index (χ4v) is 3.09. The lowest BCUT2D eigenvalue weighted by atomic mass is 10.1. The minimum absolute atomic E-state index is 0.000977. The number of ether oxygens (including phenoxy) is 1. The fourth-order valence-electron chi connectivity index (χ4n) is 2.24. The van der Waals surface area contributed by atoms with Crippen molar-refractivity contribution in [1.29, 1.82) is 0 Å². The molecule has 142 valence electrons. The van der Waals surface area contributed by atoms with Gasteiger partial charge >= 0.3 is 5.97 Å². The molecule has 7 heteroatoms. The van der Waals surface area contributed by atoms with Crippen LogP contribution in [0.3, 0.4) is 0 Å². The summed E-state index contributed by atoms with van der Waals surface area (Å²) in [5.74, 6) is -0.371. The van der Waals surface area contributed by atoms with E-state index in [0.717, 1.165) is 10.6 Å². The number of amides is 1. The Kier molecular flexibility index (Phi) is 7.88. The molecule has 0 spiro atoms. The molecular weight excluding hydrogens is 366 g/mol. The Balaban J connectivity index is 1.89. The third kappa shape index (κ3) is 7.15. The van der Waals surface area contributed by atoms with Crippen molar-refractivity contribution in [2.24, 2.45) is 0 Å². The number of carboxylic acids is 1. The summed E-state index contributed by atoms with van der Waals surface area (Å²) in [5, 5.41) is 11.3. The Morgan fingerprint density at radius 2 is 1.81 bits per heavy atom. The smallest absolute Gasteiger partial charge is 0.303 e. The zero-order chi connectivity index (χ0) is 19.6. The lowest BCUT2D eigenvalue weighted by Crippen LogP contribution is -2.13. The third-order valence-electron chi connectivity index (χ3n) is 3.54. The number of benzene rings is 2. The van der Waals surface area contributed by atoms with Crippen LogP contribution >= 0.6 is 11.8 Å². The van der Waals surface area contributed by atoms with Crippen LogP contribution in [0.2, 0.25) is 0 Å². The van der Waals surface area contributed by atoms with E-state index in [2.05, 4.69) is 5.32 Å². The number of Topliss-reactive ketones (excluding diaryl/α,β-unsaturated/α-hetero) is 1. The van der Waals surface area contributed by atoms with Gasteiger partial charge in [-0.3, -0.25) is 14.4 Å². The summed E-state index contributed by atoms with van der Waals surface area (Å²) in [6, 6.07) is 14.1. The zero-order valence-corrected chi connectivity index (χ0v) is 15.8. The van der Waals surface area contributed by atoms with Crippen LogP contribution in [0.4, 0.5) is 5.69 Å². The second-order valence-electron chi connectivity index (χ2n) is 5.64. The SMILES string of the molecule is CCOc1ccc(C(=O)CSc2cccc(NC(=O)CCC(=O)O)c2)cc1.